The van der Waals surface area contributed by atoms with Gasteiger partial charge in [0.1, 0.15) is 0 Å². The molecule has 3 N–H and O–H groups in total. The van der Waals surface area contributed by atoms with Gasteiger partial charge in [0.15, 0.2) is 9.84 Å². The molecule has 0 spiro atoms. The van der Waals surface area contributed by atoms with Crippen LogP contribution in [0.5, 0.6) is 0 Å². The average molecular weight is 261 g/mol. The van der Waals surface area contributed by atoms with Crippen molar-refractivity contribution in [3.63, 3.8) is 0 Å². The molecule has 0 fully saturated rings. The van der Waals surface area contributed by atoms with Crippen molar-refractivity contribution in [3.8, 4) is 0 Å². The Bertz CT molecular complexity index is 478. The van der Waals surface area contributed by atoms with Gasteiger partial charge in [-0.25, -0.2) is 8.42 Å². The van der Waals surface area contributed by atoms with E-state index in [9.17, 15) is 13.5 Å². The molecule has 0 saturated heterocycles. The molecule has 1 aromatic heterocycles. The fourth-order valence-corrected chi connectivity index (χ4v) is 4.66. The van der Waals surface area contributed by atoms with Crippen LogP contribution in [0.25, 0.3) is 0 Å². The molecule has 16 heavy (non-hydrogen) atoms. The molecule has 1 aliphatic rings. The molecule has 90 valence electrons. The van der Waals surface area contributed by atoms with E-state index in [4.69, 9.17) is 5.73 Å². The molecule has 1 aliphatic heterocycles. The second-order valence-corrected chi connectivity index (χ2v) is 7.38. The molecule has 2 heterocycles. The SMILES string of the molecule is NCCC(O)c1cc2c(s1)CCS(=O)(=O)C2. The first-order valence-corrected chi connectivity index (χ1v) is 7.85. The van der Waals surface area contributed by atoms with Gasteiger partial charge in [-0.2, -0.15) is 0 Å². The van der Waals surface area contributed by atoms with E-state index in [0.717, 1.165) is 15.3 Å². The molecule has 0 radical (unpaired) electrons. The summed E-state index contributed by atoms with van der Waals surface area (Å²) < 4.78 is 22.9. The van der Waals surface area contributed by atoms with Gasteiger partial charge < -0.3 is 10.8 Å². The molecule has 2 rings (SSSR count). The molecular weight excluding hydrogens is 246 g/mol. The predicted molar refractivity (Wildman–Crippen MR) is 64.1 cm³/mol. The summed E-state index contributed by atoms with van der Waals surface area (Å²) >= 11 is 1.51. The van der Waals surface area contributed by atoms with Crippen LogP contribution in [0.15, 0.2) is 6.07 Å². The van der Waals surface area contributed by atoms with E-state index in [1.165, 1.54) is 11.3 Å². The molecule has 1 aromatic rings. The Hall–Kier alpha value is -0.430. The number of aryl methyl sites for hydroxylation is 1. The van der Waals surface area contributed by atoms with Crippen LogP contribution in [0.3, 0.4) is 0 Å². The number of fused-ring (bicyclic) bond motifs is 1. The highest BCUT2D eigenvalue weighted by Gasteiger charge is 2.24. The van der Waals surface area contributed by atoms with Crippen molar-refractivity contribution in [2.75, 3.05) is 12.3 Å². The van der Waals surface area contributed by atoms with Gasteiger partial charge in [0.2, 0.25) is 0 Å². The first-order chi connectivity index (χ1) is 7.52. The van der Waals surface area contributed by atoms with Crippen molar-refractivity contribution in [1.29, 1.82) is 0 Å². The number of nitrogens with two attached hydrogens (primary N) is 1. The van der Waals surface area contributed by atoms with Gasteiger partial charge in [0, 0.05) is 9.75 Å². The molecule has 1 unspecified atom stereocenters. The van der Waals surface area contributed by atoms with Gasteiger partial charge in [0.25, 0.3) is 0 Å². The predicted octanol–water partition coefficient (Wildman–Crippen LogP) is 0.601. The van der Waals surface area contributed by atoms with E-state index in [0.29, 0.717) is 19.4 Å². The highest BCUT2D eigenvalue weighted by Crippen LogP contribution is 2.33. The number of hydrogen-bond donors (Lipinski definition) is 2. The minimum absolute atomic E-state index is 0.119. The minimum atomic E-state index is -2.92. The van der Waals surface area contributed by atoms with E-state index in [2.05, 4.69) is 0 Å². The van der Waals surface area contributed by atoms with Gasteiger partial charge in [0.05, 0.1) is 17.6 Å². The molecule has 6 heteroatoms. The fraction of sp³-hybridized carbons (Fsp3) is 0.600. The largest absolute Gasteiger partial charge is 0.388 e. The van der Waals surface area contributed by atoms with Crippen LogP contribution in [0, 0.1) is 0 Å². The lowest BCUT2D eigenvalue weighted by atomic mass is 10.1. The van der Waals surface area contributed by atoms with Crippen LogP contribution in [0.1, 0.15) is 27.8 Å². The van der Waals surface area contributed by atoms with Crippen molar-refractivity contribution in [3.05, 3.63) is 21.4 Å². The molecule has 0 aliphatic carbocycles. The number of hydrogen-bond acceptors (Lipinski definition) is 5. The summed E-state index contributed by atoms with van der Waals surface area (Å²) in [7, 11) is -2.92. The molecular formula is C10H15NO3S2. The lowest BCUT2D eigenvalue weighted by Crippen LogP contribution is -2.16. The normalized spacial score (nSPS) is 20.4. The van der Waals surface area contributed by atoms with Crippen molar-refractivity contribution in [2.24, 2.45) is 5.73 Å². The van der Waals surface area contributed by atoms with Gasteiger partial charge >= 0.3 is 0 Å². The van der Waals surface area contributed by atoms with Gasteiger partial charge in [-0.15, -0.1) is 11.3 Å². The Balaban J connectivity index is 2.25. The quantitative estimate of drug-likeness (QED) is 0.835. The Labute approximate surface area is 99.0 Å². The van der Waals surface area contributed by atoms with Crippen LogP contribution < -0.4 is 5.73 Å². The number of aliphatic hydroxyl groups excluding tert-OH is 1. The second-order valence-electron chi connectivity index (χ2n) is 4.03. The van der Waals surface area contributed by atoms with Gasteiger partial charge in [-0.1, -0.05) is 0 Å². The lowest BCUT2D eigenvalue weighted by Gasteiger charge is -2.10. The molecule has 0 aromatic carbocycles. The first-order valence-electron chi connectivity index (χ1n) is 5.22. The number of aliphatic hydroxyl groups is 1. The number of thiophene rings is 1. The van der Waals surface area contributed by atoms with E-state index in [1.807, 2.05) is 6.07 Å². The lowest BCUT2D eigenvalue weighted by molar-refractivity contribution is 0.174. The summed E-state index contributed by atoms with van der Waals surface area (Å²) in [6, 6.07) is 1.82. The van der Waals surface area contributed by atoms with Crippen LogP contribution >= 0.6 is 11.3 Å². The summed E-state index contributed by atoms with van der Waals surface area (Å²) in [5.74, 6) is 0.348. The third-order valence-corrected chi connectivity index (χ3v) is 5.62. The zero-order valence-electron chi connectivity index (χ0n) is 8.85. The number of sulfone groups is 1. The minimum Gasteiger partial charge on any atom is -0.388 e. The van der Waals surface area contributed by atoms with E-state index in [-0.39, 0.29) is 11.5 Å². The van der Waals surface area contributed by atoms with E-state index < -0.39 is 15.9 Å². The molecule has 0 saturated carbocycles. The van der Waals surface area contributed by atoms with Crippen LogP contribution in [-0.4, -0.2) is 25.8 Å². The highest BCUT2D eigenvalue weighted by molar-refractivity contribution is 7.90. The van der Waals surface area contributed by atoms with Gasteiger partial charge in [-0.05, 0) is 31.0 Å². The molecule has 0 bridgehead atoms. The maximum absolute atomic E-state index is 11.4. The summed E-state index contributed by atoms with van der Waals surface area (Å²) in [5.41, 5.74) is 6.24. The maximum atomic E-state index is 11.4. The van der Waals surface area contributed by atoms with Crippen LogP contribution in [0.4, 0.5) is 0 Å². The maximum Gasteiger partial charge on any atom is 0.154 e. The first kappa shape index (κ1) is 12.0. The van der Waals surface area contributed by atoms with Crippen molar-refractivity contribution in [2.45, 2.75) is 24.7 Å². The Kier molecular flexibility index (Phi) is 3.34. The highest BCUT2D eigenvalue weighted by atomic mass is 32.2. The van der Waals surface area contributed by atoms with Crippen molar-refractivity contribution >= 4 is 21.2 Å². The summed E-state index contributed by atoms with van der Waals surface area (Å²) in [6.07, 6.45) is 0.549. The topological polar surface area (TPSA) is 80.4 Å². The third-order valence-electron chi connectivity index (χ3n) is 2.70. The third kappa shape index (κ3) is 2.45. The summed E-state index contributed by atoms with van der Waals surface area (Å²) in [6.45, 7) is 0.433. The van der Waals surface area contributed by atoms with Crippen LogP contribution in [-0.2, 0) is 22.0 Å². The molecule has 1 atom stereocenters. The van der Waals surface area contributed by atoms with E-state index >= 15 is 0 Å². The Morgan fingerprint density at radius 3 is 3.00 bits per heavy atom. The average Bonchev–Trinajstić information content (AvgIpc) is 2.59. The fourth-order valence-electron chi connectivity index (χ4n) is 1.84. The van der Waals surface area contributed by atoms with E-state index in [1.54, 1.807) is 0 Å². The molecule has 4 nitrogen and oxygen atoms in total. The van der Waals surface area contributed by atoms with Crippen LogP contribution in [0.2, 0.25) is 0 Å². The number of rotatable bonds is 3. The van der Waals surface area contributed by atoms with Gasteiger partial charge in [-0.3, -0.25) is 0 Å². The van der Waals surface area contributed by atoms with Crippen molar-refractivity contribution in [1.82, 2.24) is 0 Å². The monoisotopic (exact) mass is 261 g/mol. The Morgan fingerprint density at radius 1 is 1.56 bits per heavy atom. The standard InChI is InChI=1S/C10H15NO3S2/c11-3-1-8(12)10-5-7-6-16(13,14)4-2-9(7)15-10/h5,8,12H,1-4,6,11H2. The smallest absolute Gasteiger partial charge is 0.154 e. The zero-order chi connectivity index (χ0) is 11.8. The zero-order valence-corrected chi connectivity index (χ0v) is 10.5. The summed E-state index contributed by atoms with van der Waals surface area (Å²) in [5, 5.41) is 9.78. The Morgan fingerprint density at radius 2 is 2.31 bits per heavy atom. The second kappa shape index (κ2) is 4.44. The summed E-state index contributed by atoms with van der Waals surface area (Å²) in [4.78, 5) is 1.94. The molecule has 0 amide bonds. The van der Waals surface area contributed by atoms with Crippen molar-refractivity contribution < 1.29 is 13.5 Å².